The highest BCUT2D eigenvalue weighted by Crippen LogP contribution is 2.32. The monoisotopic (exact) mass is 310 g/mol. The molecule has 0 saturated heterocycles. The van der Waals surface area contributed by atoms with Gasteiger partial charge in [0.05, 0.1) is 12.6 Å². The van der Waals surface area contributed by atoms with Crippen LogP contribution in [0, 0.1) is 5.92 Å². The highest BCUT2D eigenvalue weighted by molar-refractivity contribution is 6.30. The Bertz CT molecular complexity index is 517. The summed E-state index contributed by atoms with van der Waals surface area (Å²) in [5.41, 5.74) is 2.16. The number of ether oxygens (including phenoxy) is 1. The van der Waals surface area contributed by atoms with Gasteiger partial charge in [-0.1, -0.05) is 25.4 Å². The SMILES string of the molecule is CC(C)CNC(=O)C(C)NCc1cc(Cl)cc2c1OCC2. The van der Waals surface area contributed by atoms with E-state index < -0.39 is 0 Å². The van der Waals surface area contributed by atoms with Crippen molar-refractivity contribution >= 4 is 17.5 Å². The maximum absolute atomic E-state index is 11.9. The summed E-state index contributed by atoms with van der Waals surface area (Å²) in [6.07, 6.45) is 0.896. The Kier molecular flexibility index (Phi) is 5.48. The number of benzene rings is 1. The predicted octanol–water partition coefficient (Wildman–Crippen LogP) is 2.53. The van der Waals surface area contributed by atoms with E-state index in [4.69, 9.17) is 16.3 Å². The predicted molar refractivity (Wildman–Crippen MR) is 84.8 cm³/mol. The Hall–Kier alpha value is -1.26. The molecule has 0 saturated carbocycles. The fourth-order valence-corrected chi connectivity index (χ4v) is 2.55. The molecule has 2 rings (SSSR count). The van der Waals surface area contributed by atoms with Crippen LogP contribution in [-0.4, -0.2) is 25.1 Å². The van der Waals surface area contributed by atoms with Gasteiger partial charge in [0.25, 0.3) is 0 Å². The van der Waals surface area contributed by atoms with Gasteiger partial charge in [-0.15, -0.1) is 0 Å². The molecule has 4 nitrogen and oxygen atoms in total. The van der Waals surface area contributed by atoms with Gasteiger partial charge >= 0.3 is 0 Å². The number of halogens is 1. The topological polar surface area (TPSA) is 50.4 Å². The molecule has 1 unspecified atom stereocenters. The van der Waals surface area contributed by atoms with Crippen LogP contribution in [0.1, 0.15) is 31.9 Å². The van der Waals surface area contributed by atoms with Crippen molar-refractivity contribution in [1.82, 2.24) is 10.6 Å². The van der Waals surface area contributed by atoms with Crippen molar-refractivity contribution in [2.75, 3.05) is 13.2 Å². The van der Waals surface area contributed by atoms with Crippen LogP contribution in [0.3, 0.4) is 0 Å². The highest BCUT2D eigenvalue weighted by Gasteiger charge is 2.19. The zero-order valence-electron chi connectivity index (χ0n) is 12.8. The summed E-state index contributed by atoms with van der Waals surface area (Å²) in [6.45, 7) is 7.98. The van der Waals surface area contributed by atoms with Crippen LogP contribution in [0.5, 0.6) is 5.75 Å². The molecule has 1 heterocycles. The molecule has 0 spiro atoms. The molecule has 21 heavy (non-hydrogen) atoms. The minimum absolute atomic E-state index is 0.0169. The maximum Gasteiger partial charge on any atom is 0.236 e. The minimum atomic E-state index is -0.250. The van der Waals surface area contributed by atoms with Crippen molar-refractivity contribution in [3.8, 4) is 5.75 Å². The number of carbonyl (C=O) groups is 1. The summed E-state index contributed by atoms with van der Waals surface area (Å²) < 4.78 is 5.66. The average molecular weight is 311 g/mol. The molecule has 1 aromatic carbocycles. The highest BCUT2D eigenvalue weighted by atomic mass is 35.5. The molecule has 1 amide bonds. The van der Waals surface area contributed by atoms with E-state index in [0.717, 1.165) is 23.3 Å². The molecule has 0 fully saturated rings. The smallest absolute Gasteiger partial charge is 0.236 e. The Morgan fingerprint density at radius 2 is 2.14 bits per heavy atom. The van der Waals surface area contributed by atoms with E-state index in [1.807, 2.05) is 19.1 Å². The molecule has 5 heteroatoms. The van der Waals surface area contributed by atoms with Crippen LogP contribution >= 0.6 is 11.6 Å². The zero-order chi connectivity index (χ0) is 15.4. The summed E-state index contributed by atoms with van der Waals surface area (Å²) in [4.78, 5) is 11.9. The maximum atomic E-state index is 11.9. The lowest BCUT2D eigenvalue weighted by Crippen LogP contribution is -2.43. The molecular weight excluding hydrogens is 288 g/mol. The number of nitrogens with one attached hydrogen (secondary N) is 2. The third-order valence-electron chi connectivity index (χ3n) is 3.50. The van der Waals surface area contributed by atoms with E-state index in [9.17, 15) is 4.79 Å². The summed E-state index contributed by atoms with van der Waals surface area (Å²) in [5, 5.41) is 6.87. The van der Waals surface area contributed by atoms with Gasteiger partial charge in [0.2, 0.25) is 5.91 Å². The van der Waals surface area contributed by atoms with E-state index in [1.165, 1.54) is 0 Å². The van der Waals surface area contributed by atoms with Crippen molar-refractivity contribution in [2.24, 2.45) is 5.92 Å². The quantitative estimate of drug-likeness (QED) is 0.849. The lowest BCUT2D eigenvalue weighted by molar-refractivity contribution is -0.122. The average Bonchev–Trinajstić information content (AvgIpc) is 2.89. The number of rotatable bonds is 6. The summed E-state index contributed by atoms with van der Waals surface area (Å²) >= 11 is 6.13. The summed E-state index contributed by atoms with van der Waals surface area (Å²) in [6, 6.07) is 3.60. The van der Waals surface area contributed by atoms with Gasteiger partial charge in [-0.05, 0) is 30.5 Å². The standard InChI is InChI=1S/C16H23ClN2O2/c1-10(2)8-19-16(20)11(3)18-9-13-7-14(17)6-12-4-5-21-15(12)13/h6-7,10-11,18H,4-5,8-9H2,1-3H3,(H,19,20). The Labute approximate surface area is 131 Å². The number of hydrogen-bond acceptors (Lipinski definition) is 3. The van der Waals surface area contributed by atoms with Crippen LogP contribution in [0.2, 0.25) is 5.02 Å². The third-order valence-corrected chi connectivity index (χ3v) is 3.72. The number of carbonyl (C=O) groups excluding carboxylic acids is 1. The summed E-state index contributed by atoms with van der Waals surface area (Å²) in [5.74, 6) is 1.38. The number of hydrogen-bond donors (Lipinski definition) is 2. The Morgan fingerprint density at radius 1 is 1.38 bits per heavy atom. The van der Waals surface area contributed by atoms with Crippen LogP contribution in [0.15, 0.2) is 12.1 Å². The second-order valence-electron chi connectivity index (χ2n) is 5.89. The van der Waals surface area contributed by atoms with Crippen molar-refractivity contribution < 1.29 is 9.53 Å². The van der Waals surface area contributed by atoms with Crippen molar-refractivity contribution in [2.45, 2.75) is 39.8 Å². The first kappa shape index (κ1) is 16.1. The second kappa shape index (κ2) is 7.14. The molecule has 1 aliphatic rings. The van der Waals surface area contributed by atoms with Crippen LogP contribution < -0.4 is 15.4 Å². The van der Waals surface area contributed by atoms with Gasteiger partial charge in [-0.2, -0.15) is 0 Å². The fraction of sp³-hybridized carbons (Fsp3) is 0.562. The first-order chi connectivity index (χ1) is 9.97. The number of amides is 1. The van der Waals surface area contributed by atoms with E-state index in [-0.39, 0.29) is 11.9 Å². The molecule has 0 bridgehead atoms. The molecule has 0 aromatic heterocycles. The number of fused-ring (bicyclic) bond motifs is 1. The van der Waals surface area contributed by atoms with E-state index in [0.29, 0.717) is 30.6 Å². The van der Waals surface area contributed by atoms with Gasteiger partial charge in [0, 0.05) is 30.1 Å². The molecule has 1 aromatic rings. The van der Waals surface area contributed by atoms with Gasteiger partial charge < -0.3 is 15.4 Å². The second-order valence-corrected chi connectivity index (χ2v) is 6.33. The Morgan fingerprint density at radius 3 is 2.86 bits per heavy atom. The zero-order valence-corrected chi connectivity index (χ0v) is 13.6. The van der Waals surface area contributed by atoms with Crippen molar-refractivity contribution in [3.05, 3.63) is 28.3 Å². The normalized spacial score (nSPS) is 14.7. The van der Waals surface area contributed by atoms with Crippen LogP contribution in [0.25, 0.3) is 0 Å². The lowest BCUT2D eigenvalue weighted by Gasteiger charge is -2.16. The van der Waals surface area contributed by atoms with E-state index in [2.05, 4.69) is 24.5 Å². The molecule has 1 atom stereocenters. The van der Waals surface area contributed by atoms with Gasteiger partial charge in [0.15, 0.2) is 0 Å². The van der Waals surface area contributed by atoms with Crippen LogP contribution in [0.4, 0.5) is 0 Å². The minimum Gasteiger partial charge on any atom is -0.493 e. The van der Waals surface area contributed by atoms with Crippen LogP contribution in [-0.2, 0) is 17.8 Å². The van der Waals surface area contributed by atoms with E-state index >= 15 is 0 Å². The molecule has 1 aliphatic heterocycles. The largest absolute Gasteiger partial charge is 0.493 e. The van der Waals surface area contributed by atoms with Gasteiger partial charge in [-0.3, -0.25) is 4.79 Å². The fourth-order valence-electron chi connectivity index (χ4n) is 2.29. The first-order valence-corrected chi connectivity index (χ1v) is 7.80. The van der Waals surface area contributed by atoms with Crippen molar-refractivity contribution in [1.29, 1.82) is 0 Å². The van der Waals surface area contributed by atoms with Gasteiger partial charge in [0.1, 0.15) is 5.75 Å². The molecule has 116 valence electrons. The third kappa shape index (κ3) is 4.35. The molecule has 0 radical (unpaired) electrons. The molecule has 0 aliphatic carbocycles. The van der Waals surface area contributed by atoms with Gasteiger partial charge in [-0.25, -0.2) is 0 Å². The van der Waals surface area contributed by atoms with E-state index in [1.54, 1.807) is 0 Å². The Balaban J connectivity index is 1.93. The molecular formula is C16H23ClN2O2. The summed E-state index contributed by atoms with van der Waals surface area (Å²) in [7, 11) is 0. The lowest BCUT2D eigenvalue weighted by atomic mass is 10.1. The van der Waals surface area contributed by atoms with Crippen molar-refractivity contribution in [3.63, 3.8) is 0 Å². The first-order valence-electron chi connectivity index (χ1n) is 7.42. The molecule has 2 N–H and O–H groups in total.